The van der Waals surface area contributed by atoms with E-state index in [4.69, 9.17) is 0 Å². The molecular weight excluding hydrogens is 370 g/mol. The van der Waals surface area contributed by atoms with Gasteiger partial charge < -0.3 is 10.0 Å². The highest BCUT2D eigenvalue weighted by atomic mass is 16.3. The third-order valence-corrected chi connectivity index (χ3v) is 9.11. The zero-order valence-corrected chi connectivity index (χ0v) is 18.9. The fourth-order valence-corrected chi connectivity index (χ4v) is 7.18. The Morgan fingerprint density at radius 2 is 1.77 bits per heavy atom. The van der Waals surface area contributed by atoms with Gasteiger partial charge in [0, 0.05) is 37.5 Å². The lowest BCUT2D eigenvalue weighted by Crippen LogP contribution is -2.50. The minimum Gasteiger partial charge on any atom is -0.390 e. The number of carbonyl (C=O) groups excluding carboxylic acids is 1. The lowest BCUT2D eigenvalue weighted by molar-refractivity contribution is -0.114. The molecule has 2 saturated carbocycles. The van der Waals surface area contributed by atoms with Crippen LogP contribution >= 0.6 is 0 Å². The van der Waals surface area contributed by atoms with Crippen LogP contribution in [0.5, 0.6) is 0 Å². The lowest BCUT2D eigenvalue weighted by atomic mass is 9.51. The van der Waals surface area contributed by atoms with Gasteiger partial charge in [-0.1, -0.05) is 24.6 Å². The van der Waals surface area contributed by atoms with Crippen LogP contribution in [0.3, 0.4) is 0 Å². The van der Waals surface area contributed by atoms with Crippen molar-refractivity contribution in [2.75, 3.05) is 19.0 Å². The molecule has 0 aliphatic heterocycles. The van der Waals surface area contributed by atoms with Crippen LogP contribution in [-0.4, -0.2) is 30.6 Å². The lowest BCUT2D eigenvalue weighted by Gasteiger charge is -2.54. The molecule has 0 radical (unpaired) electrons. The molecule has 3 nitrogen and oxygen atoms in total. The first kappa shape index (κ1) is 20.1. The smallest absolute Gasteiger partial charge is 0.156 e. The van der Waals surface area contributed by atoms with E-state index in [0.29, 0.717) is 30.0 Å². The van der Waals surface area contributed by atoms with Gasteiger partial charge in [-0.15, -0.1) is 0 Å². The Labute approximate surface area is 180 Å². The minimum absolute atomic E-state index is 0.0572. The van der Waals surface area contributed by atoms with Crippen molar-refractivity contribution >= 4 is 11.5 Å². The Morgan fingerprint density at radius 3 is 2.47 bits per heavy atom. The molecule has 30 heavy (non-hydrogen) atoms. The molecule has 0 bridgehead atoms. The summed E-state index contributed by atoms with van der Waals surface area (Å²) in [6.45, 7) is 4.42. The van der Waals surface area contributed by atoms with Crippen LogP contribution in [0, 0.1) is 17.3 Å². The number of carbonyl (C=O) groups is 1. The molecule has 1 aromatic carbocycles. The third kappa shape index (κ3) is 2.85. The van der Waals surface area contributed by atoms with Gasteiger partial charge in [0.05, 0.1) is 5.60 Å². The highest BCUT2D eigenvalue weighted by Gasteiger charge is 2.60. The highest BCUT2D eigenvalue weighted by Crippen LogP contribution is 2.66. The van der Waals surface area contributed by atoms with Crippen molar-refractivity contribution in [3.63, 3.8) is 0 Å². The van der Waals surface area contributed by atoms with Gasteiger partial charge in [-0.2, -0.15) is 0 Å². The average Bonchev–Trinajstić information content (AvgIpc) is 2.96. The molecule has 3 heteroatoms. The van der Waals surface area contributed by atoms with E-state index in [9.17, 15) is 9.90 Å². The molecule has 0 spiro atoms. The van der Waals surface area contributed by atoms with E-state index in [0.717, 1.165) is 38.5 Å². The van der Waals surface area contributed by atoms with Crippen molar-refractivity contribution in [1.82, 2.24) is 0 Å². The number of hydrogen-bond acceptors (Lipinski definition) is 3. The summed E-state index contributed by atoms with van der Waals surface area (Å²) in [5.41, 5.74) is 6.33. The summed E-state index contributed by atoms with van der Waals surface area (Å²) >= 11 is 0. The van der Waals surface area contributed by atoms with E-state index in [1.54, 1.807) is 5.57 Å². The Bertz CT molecular complexity index is 936. The average molecular weight is 406 g/mol. The van der Waals surface area contributed by atoms with Crippen molar-refractivity contribution in [1.29, 1.82) is 0 Å². The first-order valence-corrected chi connectivity index (χ1v) is 11.7. The molecule has 2 fully saturated rings. The summed E-state index contributed by atoms with van der Waals surface area (Å²) in [6, 6.07) is 9.04. The molecule has 2 unspecified atom stereocenters. The Balaban J connectivity index is 1.66. The predicted octanol–water partition coefficient (Wildman–Crippen LogP) is 5.40. The van der Waals surface area contributed by atoms with Crippen LogP contribution in [0.15, 0.2) is 47.1 Å². The molecule has 0 aromatic heterocycles. The van der Waals surface area contributed by atoms with E-state index in [1.807, 2.05) is 6.08 Å². The molecule has 0 heterocycles. The van der Waals surface area contributed by atoms with Gasteiger partial charge in [0.15, 0.2) is 5.78 Å². The maximum Gasteiger partial charge on any atom is 0.156 e. The number of aliphatic hydroxyl groups is 1. The molecule has 4 aliphatic carbocycles. The zero-order chi connectivity index (χ0) is 21.3. The molecule has 0 amide bonds. The maximum atomic E-state index is 12.1. The van der Waals surface area contributed by atoms with Crippen LogP contribution in [0.2, 0.25) is 0 Å². The van der Waals surface area contributed by atoms with E-state index in [2.05, 4.69) is 57.1 Å². The number of hydrogen-bond donors (Lipinski definition) is 1. The van der Waals surface area contributed by atoms with Gasteiger partial charge in [-0.25, -0.2) is 0 Å². The highest BCUT2D eigenvalue weighted by molar-refractivity contribution is 5.93. The fourth-order valence-electron chi connectivity index (χ4n) is 7.18. The van der Waals surface area contributed by atoms with Crippen molar-refractivity contribution < 1.29 is 9.90 Å². The summed E-state index contributed by atoms with van der Waals surface area (Å²) in [4.78, 5) is 14.3. The second kappa shape index (κ2) is 6.82. The van der Waals surface area contributed by atoms with Crippen LogP contribution in [0.25, 0.3) is 0 Å². The number of fused-ring (bicyclic) bond motifs is 4. The van der Waals surface area contributed by atoms with Crippen molar-refractivity contribution in [3.8, 4) is 0 Å². The monoisotopic (exact) mass is 405 g/mol. The van der Waals surface area contributed by atoms with E-state index < -0.39 is 5.60 Å². The number of nitrogens with zero attached hydrogens (tertiary/aromatic N) is 1. The topological polar surface area (TPSA) is 40.5 Å². The summed E-state index contributed by atoms with van der Waals surface area (Å²) < 4.78 is 0. The number of ketones is 1. The number of allylic oxidation sites excluding steroid dienone is 4. The van der Waals surface area contributed by atoms with Crippen LogP contribution < -0.4 is 4.90 Å². The van der Waals surface area contributed by atoms with E-state index in [-0.39, 0.29) is 5.41 Å². The molecule has 1 aromatic rings. The molecule has 1 N–H and O–H groups in total. The standard InChI is InChI=1S/C27H35NO2/c1-26-16-23(17-5-8-19(9-6-17)28(3)4)25-21-12-10-20(29)15-18(21)7-11-22(25)24(26)13-14-27(26,2)30/h5-6,8-9,15,22-24,30H,7,10-14,16H2,1-4H3/t22?,23?,24-,26-,27-/m0/s1. The number of benzene rings is 1. The van der Waals surface area contributed by atoms with Gasteiger partial charge in [0.2, 0.25) is 0 Å². The van der Waals surface area contributed by atoms with Crippen molar-refractivity contribution in [3.05, 3.63) is 52.6 Å². The number of anilines is 1. The molecule has 4 aliphatic rings. The SMILES string of the molecule is CN(C)c1ccc(C2C[C@@]3(C)[C@@H](CC[C@]3(C)O)C3CCC4=CC(=O)CCC4=C23)cc1. The van der Waals surface area contributed by atoms with Gasteiger partial charge in [0.1, 0.15) is 0 Å². The molecule has 160 valence electrons. The first-order chi connectivity index (χ1) is 14.2. The fraction of sp³-hybridized carbons (Fsp3) is 0.593. The number of rotatable bonds is 2. The second-order valence-corrected chi connectivity index (χ2v) is 10.8. The zero-order valence-electron chi connectivity index (χ0n) is 18.9. The van der Waals surface area contributed by atoms with Crippen LogP contribution in [-0.2, 0) is 4.79 Å². The molecule has 5 atom stereocenters. The molecule has 0 saturated heterocycles. The summed E-state index contributed by atoms with van der Waals surface area (Å²) in [6.07, 6.45) is 8.67. The third-order valence-electron chi connectivity index (χ3n) is 9.11. The summed E-state index contributed by atoms with van der Waals surface area (Å²) in [5, 5.41) is 11.4. The Kier molecular flexibility index (Phi) is 4.56. The Hall–Kier alpha value is -1.87. The largest absolute Gasteiger partial charge is 0.390 e. The maximum absolute atomic E-state index is 12.1. The second-order valence-electron chi connectivity index (χ2n) is 10.8. The minimum atomic E-state index is -0.603. The predicted molar refractivity (Wildman–Crippen MR) is 122 cm³/mol. The van der Waals surface area contributed by atoms with E-state index in [1.165, 1.54) is 22.4 Å². The van der Waals surface area contributed by atoms with Gasteiger partial charge in [-0.05, 0) is 92.2 Å². The molecule has 5 rings (SSSR count). The van der Waals surface area contributed by atoms with E-state index >= 15 is 0 Å². The summed E-state index contributed by atoms with van der Waals surface area (Å²) in [5.74, 6) is 1.72. The van der Waals surface area contributed by atoms with Crippen molar-refractivity contribution in [2.45, 2.75) is 70.3 Å². The normalized spacial score (nSPS) is 38.0. The first-order valence-electron chi connectivity index (χ1n) is 11.7. The molecular formula is C27H35NO2. The van der Waals surface area contributed by atoms with Crippen molar-refractivity contribution in [2.24, 2.45) is 17.3 Å². The Morgan fingerprint density at radius 1 is 1.03 bits per heavy atom. The quantitative estimate of drug-likeness (QED) is 0.716. The van der Waals surface area contributed by atoms with Gasteiger partial charge in [-0.3, -0.25) is 4.79 Å². The van der Waals surface area contributed by atoms with Gasteiger partial charge in [0.25, 0.3) is 0 Å². The summed E-state index contributed by atoms with van der Waals surface area (Å²) in [7, 11) is 4.16. The van der Waals surface area contributed by atoms with Crippen LogP contribution in [0.4, 0.5) is 5.69 Å². The van der Waals surface area contributed by atoms with Gasteiger partial charge >= 0.3 is 0 Å². The van der Waals surface area contributed by atoms with Crippen LogP contribution in [0.1, 0.15) is 70.3 Å².